The van der Waals surface area contributed by atoms with E-state index in [1.165, 1.54) is 0 Å². The van der Waals surface area contributed by atoms with Crippen LogP contribution in [0.1, 0.15) is 11.6 Å². The van der Waals surface area contributed by atoms with Crippen LogP contribution in [0.4, 0.5) is 0 Å². The highest BCUT2D eigenvalue weighted by Crippen LogP contribution is 2.15. The average molecular weight is 442 g/mol. The summed E-state index contributed by atoms with van der Waals surface area (Å²) in [7, 11) is 0. The van der Waals surface area contributed by atoms with Gasteiger partial charge in [-0.15, -0.1) is 24.8 Å². The van der Waals surface area contributed by atoms with Crippen molar-refractivity contribution >= 4 is 30.7 Å². The summed E-state index contributed by atoms with van der Waals surface area (Å²) in [6.07, 6.45) is -0.570. The standard InChI is InChI=1S/C21H27N3O3.2ClH/c22-20(17-7-3-1-4-8-17)21(26)24-13-11-23(12-14-24)15-18(25)16-27-19-9-5-2-6-10-19;;/h1-10,18,20,25H,11-16,22H2;2*1H. The number of nitrogens with two attached hydrogens (primary N) is 1. The second-order valence-corrected chi connectivity index (χ2v) is 6.79. The first kappa shape index (κ1) is 25.2. The molecule has 0 aromatic heterocycles. The van der Waals surface area contributed by atoms with Crippen molar-refractivity contribution in [1.29, 1.82) is 0 Å². The molecule has 2 aromatic rings. The van der Waals surface area contributed by atoms with Gasteiger partial charge in [-0.3, -0.25) is 9.69 Å². The van der Waals surface area contributed by atoms with Gasteiger partial charge >= 0.3 is 0 Å². The zero-order valence-corrected chi connectivity index (χ0v) is 17.9. The van der Waals surface area contributed by atoms with Crippen molar-refractivity contribution in [2.75, 3.05) is 39.3 Å². The molecule has 1 aliphatic heterocycles. The van der Waals surface area contributed by atoms with E-state index in [0.717, 1.165) is 24.4 Å². The van der Waals surface area contributed by atoms with E-state index in [2.05, 4.69) is 4.90 Å². The predicted molar refractivity (Wildman–Crippen MR) is 119 cm³/mol. The summed E-state index contributed by atoms with van der Waals surface area (Å²) < 4.78 is 5.59. The molecule has 0 aliphatic carbocycles. The summed E-state index contributed by atoms with van der Waals surface area (Å²) in [4.78, 5) is 16.6. The minimum Gasteiger partial charge on any atom is -0.491 e. The molecule has 1 aliphatic rings. The molecule has 3 rings (SSSR count). The fourth-order valence-electron chi connectivity index (χ4n) is 3.21. The van der Waals surface area contributed by atoms with Gasteiger partial charge in [0, 0.05) is 32.7 Å². The molecule has 0 bridgehead atoms. The van der Waals surface area contributed by atoms with Gasteiger partial charge in [0.25, 0.3) is 0 Å². The molecule has 1 saturated heterocycles. The second-order valence-electron chi connectivity index (χ2n) is 6.79. The van der Waals surface area contributed by atoms with Gasteiger partial charge in [0.15, 0.2) is 0 Å². The lowest BCUT2D eigenvalue weighted by Gasteiger charge is -2.36. The number of benzene rings is 2. The van der Waals surface area contributed by atoms with E-state index >= 15 is 0 Å². The molecule has 0 spiro atoms. The number of carbonyl (C=O) groups excluding carboxylic acids is 1. The van der Waals surface area contributed by atoms with Crippen molar-refractivity contribution in [1.82, 2.24) is 9.80 Å². The molecule has 2 atom stereocenters. The molecular weight excluding hydrogens is 413 g/mol. The molecule has 0 saturated carbocycles. The number of rotatable bonds is 7. The number of para-hydroxylation sites is 1. The lowest BCUT2D eigenvalue weighted by atomic mass is 10.1. The van der Waals surface area contributed by atoms with Gasteiger partial charge in [0.05, 0.1) is 0 Å². The molecular formula is C21H29Cl2N3O3. The number of aliphatic hydroxyl groups excluding tert-OH is 1. The first-order valence-electron chi connectivity index (χ1n) is 9.31. The normalized spacial score (nSPS) is 16.1. The molecule has 3 N–H and O–H groups in total. The summed E-state index contributed by atoms with van der Waals surface area (Å²) in [5, 5.41) is 10.2. The number of β-amino-alcohol motifs (C(OH)–C–C–N with tert-alkyl or cyclic N) is 1. The molecule has 1 heterocycles. The Morgan fingerprint density at radius 3 is 2.10 bits per heavy atom. The number of amides is 1. The van der Waals surface area contributed by atoms with Crippen LogP contribution in [0.2, 0.25) is 0 Å². The second kappa shape index (κ2) is 12.7. The highest BCUT2D eigenvalue weighted by Gasteiger charge is 2.26. The van der Waals surface area contributed by atoms with Crippen molar-refractivity contribution in [2.45, 2.75) is 12.1 Å². The monoisotopic (exact) mass is 441 g/mol. The number of aliphatic hydroxyl groups is 1. The molecule has 8 heteroatoms. The summed E-state index contributed by atoms with van der Waals surface area (Å²) in [6, 6.07) is 18.3. The van der Waals surface area contributed by atoms with Gasteiger partial charge in [-0.05, 0) is 17.7 Å². The molecule has 2 aromatic carbocycles. The Labute approximate surface area is 184 Å². The van der Waals surface area contributed by atoms with E-state index in [1.54, 1.807) is 4.90 Å². The molecule has 2 unspecified atom stereocenters. The number of halogens is 2. The first-order valence-corrected chi connectivity index (χ1v) is 9.31. The van der Waals surface area contributed by atoms with Crippen LogP contribution in [0.25, 0.3) is 0 Å². The third kappa shape index (κ3) is 7.49. The molecule has 6 nitrogen and oxygen atoms in total. The van der Waals surface area contributed by atoms with E-state index in [0.29, 0.717) is 19.6 Å². The summed E-state index contributed by atoms with van der Waals surface area (Å²) in [5.74, 6) is 0.704. The zero-order valence-electron chi connectivity index (χ0n) is 16.2. The average Bonchev–Trinajstić information content (AvgIpc) is 2.73. The van der Waals surface area contributed by atoms with Crippen molar-refractivity contribution < 1.29 is 14.6 Å². The Morgan fingerprint density at radius 1 is 0.966 bits per heavy atom. The van der Waals surface area contributed by atoms with Gasteiger partial charge in [0.1, 0.15) is 24.5 Å². The van der Waals surface area contributed by atoms with Gasteiger partial charge in [-0.2, -0.15) is 0 Å². The lowest BCUT2D eigenvalue weighted by Crippen LogP contribution is -2.52. The van der Waals surface area contributed by atoms with Crippen LogP contribution in [0, 0.1) is 0 Å². The van der Waals surface area contributed by atoms with Crippen molar-refractivity contribution in [3.63, 3.8) is 0 Å². The fraction of sp³-hybridized carbons (Fsp3) is 0.381. The number of hydrogen-bond acceptors (Lipinski definition) is 5. The topological polar surface area (TPSA) is 79.0 Å². The van der Waals surface area contributed by atoms with E-state index in [-0.39, 0.29) is 37.3 Å². The quantitative estimate of drug-likeness (QED) is 0.687. The van der Waals surface area contributed by atoms with Crippen LogP contribution in [-0.4, -0.2) is 66.2 Å². The third-order valence-corrected chi connectivity index (χ3v) is 4.76. The molecule has 1 amide bonds. The first-order chi connectivity index (χ1) is 13.1. The minimum atomic E-state index is -0.623. The Morgan fingerprint density at radius 2 is 1.52 bits per heavy atom. The van der Waals surface area contributed by atoms with Crippen LogP contribution in [0.5, 0.6) is 5.75 Å². The number of nitrogens with zero attached hydrogens (tertiary/aromatic N) is 2. The van der Waals surface area contributed by atoms with E-state index in [1.807, 2.05) is 60.7 Å². The Kier molecular flexibility index (Phi) is 11.0. The van der Waals surface area contributed by atoms with Crippen LogP contribution < -0.4 is 10.5 Å². The third-order valence-electron chi connectivity index (χ3n) is 4.76. The number of piperazine rings is 1. The van der Waals surface area contributed by atoms with Gasteiger partial charge in [-0.25, -0.2) is 0 Å². The maximum Gasteiger partial charge on any atom is 0.244 e. The van der Waals surface area contributed by atoms with Crippen molar-refractivity contribution in [3.8, 4) is 5.75 Å². The van der Waals surface area contributed by atoms with Gasteiger partial charge < -0.3 is 20.5 Å². The molecule has 0 radical (unpaired) electrons. The lowest BCUT2D eigenvalue weighted by molar-refractivity contribution is -0.134. The van der Waals surface area contributed by atoms with E-state index in [9.17, 15) is 9.90 Å². The largest absolute Gasteiger partial charge is 0.491 e. The number of hydrogen-bond donors (Lipinski definition) is 2. The van der Waals surface area contributed by atoms with Crippen LogP contribution in [-0.2, 0) is 4.79 Å². The van der Waals surface area contributed by atoms with Gasteiger partial charge in [0.2, 0.25) is 5.91 Å². The molecule has 1 fully saturated rings. The summed E-state index contributed by atoms with van der Waals surface area (Å²) in [6.45, 7) is 3.45. The Bertz CT molecular complexity index is 714. The Hall–Kier alpha value is -1.83. The summed E-state index contributed by atoms with van der Waals surface area (Å²) in [5.41, 5.74) is 6.95. The molecule has 160 valence electrons. The van der Waals surface area contributed by atoms with Crippen molar-refractivity contribution in [2.24, 2.45) is 5.73 Å². The van der Waals surface area contributed by atoms with Crippen molar-refractivity contribution in [3.05, 3.63) is 66.2 Å². The summed E-state index contributed by atoms with van der Waals surface area (Å²) >= 11 is 0. The minimum absolute atomic E-state index is 0. The maximum atomic E-state index is 12.6. The predicted octanol–water partition coefficient (Wildman–Crippen LogP) is 2.11. The van der Waals surface area contributed by atoms with Crippen LogP contribution in [0.3, 0.4) is 0 Å². The van der Waals surface area contributed by atoms with Crippen LogP contribution >= 0.6 is 24.8 Å². The highest BCUT2D eigenvalue weighted by molar-refractivity contribution is 5.85. The zero-order chi connectivity index (χ0) is 19.1. The number of ether oxygens (including phenoxy) is 1. The number of carbonyl (C=O) groups is 1. The smallest absolute Gasteiger partial charge is 0.244 e. The Balaban J connectivity index is 0.00000210. The molecule has 29 heavy (non-hydrogen) atoms. The maximum absolute atomic E-state index is 12.6. The van der Waals surface area contributed by atoms with Crippen LogP contribution in [0.15, 0.2) is 60.7 Å². The van der Waals surface area contributed by atoms with Gasteiger partial charge in [-0.1, -0.05) is 48.5 Å². The van der Waals surface area contributed by atoms with E-state index < -0.39 is 12.1 Å². The SMILES string of the molecule is Cl.Cl.NC(C(=O)N1CCN(CC(O)COc2ccccc2)CC1)c1ccccc1. The fourth-order valence-corrected chi connectivity index (χ4v) is 3.21. The van der Waals surface area contributed by atoms with E-state index in [4.69, 9.17) is 10.5 Å². The highest BCUT2D eigenvalue weighted by atomic mass is 35.5.